The number of hydroxylamine groups is 1. The average Bonchev–Trinajstić information content (AvgIpc) is 2.33. The molecule has 0 aliphatic rings. The number of carbonyl (C=O) groups is 2. The van der Waals surface area contributed by atoms with Crippen LogP contribution in [0.5, 0.6) is 0 Å². The molecule has 0 saturated carbocycles. The van der Waals surface area contributed by atoms with Crippen LogP contribution in [0.4, 0.5) is 4.79 Å². The molecule has 0 spiro atoms. The molecule has 20 heavy (non-hydrogen) atoms. The Labute approximate surface area is 119 Å². The number of amides is 1. The highest BCUT2D eigenvalue weighted by Crippen LogP contribution is 2.20. The zero-order chi connectivity index (χ0) is 15.2. The molecule has 1 amide bonds. The monoisotopic (exact) mass is 279 g/mol. The van der Waals surface area contributed by atoms with E-state index in [4.69, 9.17) is 9.57 Å². The smallest absolute Gasteiger partial charge is 0.431 e. The van der Waals surface area contributed by atoms with Gasteiger partial charge in [-0.15, -0.1) is 0 Å². The second-order valence-electron chi connectivity index (χ2n) is 5.53. The summed E-state index contributed by atoms with van der Waals surface area (Å²) in [6, 6.07) is 9.24. The highest BCUT2D eigenvalue weighted by molar-refractivity contribution is 5.76. The third-order valence-electron chi connectivity index (χ3n) is 2.33. The van der Waals surface area contributed by atoms with Crippen LogP contribution >= 0.6 is 0 Å². The van der Waals surface area contributed by atoms with Crippen molar-refractivity contribution in [2.45, 2.75) is 45.8 Å². The minimum Gasteiger partial charge on any atom is -0.442 e. The standard InChI is InChI=1S/C15H21NO4/c1-11(17)10-13(12-8-6-5-7-9-12)20-16-14(18)19-15(2,3)4/h5-9,13H,10H2,1-4H3,(H,16,18). The van der Waals surface area contributed by atoms with E-state index < -0.39 is 17.8 Å². The van der Waals surface area contributed by atoms with Crippen LogP contribution in [0.3, 0.4) is 0 Å². The fraction of sp³-hybridized carbons (Fsp3) is 0.467. The normalized spacial score (nSPS) is 12.6. The Morgan fingerprint density at radius 2 is 1.80 bits per heavy atom. The minimum atomic E-state index is -0.679. The molecule has 1 atom stereocenters. The van der Waals surface area contributed by atoms with Crippen molar-refractivity contribution in [3.63, 3.8) is 0 Å². The molecule has 0 fully saturated rings. The second kappa shape index (κ2) is 7.05. The van der Waals surface area contributed by atoms with Crippen LogP contribution in [-0.2, 0) is 14.4 Å². The summed E-state index contributed by atoms with van der Waals surface area (Å²) in [7, 11) is 0. The van der Waals surface area contributed by atoms with Gasteiger partial charge in [-0.2, -0.15) is 5.48 Å². The zero-order valence-corrected chi connectivity index (χ0v) is 12.3. The van der Waals surface area contributed by atoms with E-state index in [2.05, 4.69) is 5.48 Å². The number of benzene rings is 1. The summed E-state index contributed by atoms with van der Waals surface area (Å²) in [6.45, 7) is 6.76. The van der Waals surface area contributed by atoms with Crippen molar-refractivity contribution < 1.29 is 19.2 Å². The van der Waals surface area contributed by atoms with Gasteiger partial charge in [-0.3, -0.25) is 9.63 Å². The maximum Gasteiger partial charge on any atom is 0.431 e. The quantitative estimate of drug-likeness (QED) is 0.841. The molecule has 5 heteroatoms. The number of hydrogen-bond acceptors (Lipinski definition) is 4. The van der Waals surface area contributed by atoms with Crippen molar-refractivity contribution >= 4 is 11.9 Å². The Morgan fingerprint density at radius 3 is 2.30 bits per heavy atom. The Balaban J connectivity index is 2.63. The molecule has 1 unspecified atom stereocenters. The van der Waals surface area contributed by atoms with Gasteiger partial charge in [-0.25, -0.2) is 4.79 Å². The molecule has 0 saturated heterocycles. The van der Waals surface area contributed by atoms with Crippen LogP contribution in [0.15, 0.2) is 30.3 Å². The van der Waals surface area contributed by atoms with Gasteiger partial charge in [0, 0.05) is 6.42 Å². The molecule has 110 valence electrons. The lowest BCUT2D eigenvalue weighted by molar-refractivity contribution is -0.122. The Morgan fingerprint density at radius 1 is 1.20 bits per heavy atom. The predicted molar refractivity (Wildman–Crippen MR) is 74.9 cm³/mol. The Hall–Kier alpha value is -1.88. The summed E-state index contributed by atoms with van der Waals surface area (Å²) < 4.78 is 5.07. The molecule has 1 N–H and O–H groups in total. The number of Topliss-reactive ketones (excluding diaryl/α,β-unsaturated/α-hetero) is 1. The van der Waals surface area contributed by atoms with Crippen LogP contribution in [0.1, 0.15) is 45.8 Å². The number of ketones is 1. The van der Waals surface area contributed by atoms with Crippen molar-refractivity contribution in [2.24, 2.45) is 0 Å². The van der Waals surface area contributed by atoms with Gasteiger partial charge in [0.1, 0.15) is 17.5 Å². The van der Waals surface area contributed by atoms with Gasteiger partial charge >= 0.3 is 6.09 Å². The average molecular weight is 279 g/mol. The van der Waals surface area contributed by atoms with Crippen molar-refractivity contribution in [3.05, 3.63) is 35.9 Å². The first-order chi connectivity index (χ1) is 9.28. The van der Waals surface area contributed by atoms with Crippen molar-refractivity contribution in [1.29, 1.82) is 0 Å². The van der Waals surface area contributed by atoms with E-state index >= 15 is 0 Å². The number of hydrogen-bond donors (Lipinski definition) is 1. The van der Waals surface area contributed by atoms with E-state index in [0.29, 0.717) is 0 Å². The summed E-state index contributed by atoms with van der Waals surface area (Å²) in [4.78, 5) is 28.1. The first-order valence-corrected chi connectivity index (χ1v) is 6.47. The van der Waals surface area contributed by atoms with Crippen LogP contribution in [-0.4, -0.2) is 17.5 Å². The SMILES string of the molecule is CC(=O)CC(ONC(=O)OC(C)(C)C)c1ccccc1. The van der Waals surface area contributed by atoms with Crippen LogP contribution < -0.4 is 5.48 Å². The second-order valence-corrected chi connectivity index (χ2v) is 5.53. The lowest BCUT2D eigenvalue weighted by atomic mass is 10.1. The summed E-state index contributed by atoms with van der Waals surface area (Å²) in [5.41, 5.74) is 2.45. The van der Waals surface area contributed by atoms with Crippen LogP contribution in [0, 0.1) is 0 Å². The molecule has 0 aliphatic carbocycles. The van der Waals surface area contributed by atoms with Gasteiger partial charge in [0.15, 0.2) is 0 Å². The highest BCUT2D eigenvalue weighted by atomic mass is 16.7. The van der Waals surface area contributed by atoms with Gasteiger partial charge in [-0.05, 0) is 33.3 Å². The molecule has 0 bridgehead atoms. The van der Waals surface area contributed by atoms with Gasteiger partial charge in [0.05, 0.1) is 0 Å². The van der Waals surface area contributed by atoms with E-state index in [1.54, 1.807) is 20.8 Å². The number of carbonyl (C=O) groups excluding carboxylic acids is 2. The predicted octanol–water partition coefficient (Wildman–Crippen LogP) is 3.16. The maximum atomic E-state index is 11.5. The van der Waals surface area contributed by atoms with E-state index in [9.17, 15) is 9.59 Å². The lowest BCUT2D eigenvalue weighted by Gasteiger charge is -2.21. The maximum absolute atomic E-state index is 11.5. The number of ether oxygens (including phenoxy) is 1. The first kappa shape index (κ1) is 16.2. The minimum absolute atomic E-state index is 0.0233. The summed E-state index contributed by atoms with van der Waals surface area (Å²) in [5.74, 6) is -0.0233. The molecule has 0 aromatic heterocycles. The van der Waals surface area contributed by atoms with Crippen molar-refractivity contribution in [1.82, 2.24) is 5.48 Å². The van der Waals surface area contributed by atoms with E-state index in [1.807, 2.05) is 30.3 Å². The molecular weight excluding hydrogens is 258 g/mol. The third kappa shape index (κ3) is 6.33. The van der Waals surface area contributed by atoms with Crippen molar-refractivity contribution in [2.75, 3.05) is 0 Å². The lowest BCUT2D eigenvalue weighted by Crippen LogP contribution is -2.33. The third-order valence-corrected chi connectivity index (χ3v) is 2.33. The summed E-state index contributed by atoms with van der Waals surface area (Å²) in [5, 5.41) is 0. The van der Waals surface area contributed by atoms with E-state index in [1.165, 1.54) is 6.92 Å². The van der Waals surface area contributed by atoms with Crippen LogP contribution in [0.2, 0.25) is 0 Å². The Kier molecular flexibility index (Phi) is 5.70. The molecule has 1 rings (SSSR count). The number of nitrogens with one attached hydrogen (secondary N) is 1. The first-order valence-electron chi connectivity index (χ1n) is 6.47. The highest BCUT2D eigenvalue weighted by Gasteiger charge is 2.19. The summed E-state index contributed by atoms with van der Waals surface area (Å²) in [6.07, 6.45) is -1.03. The molecule has 5 nitrogen and oxygen atoms in total. The van der Waals surface area contributed by atoms with Gasteiger partial charge in [0.2, 0.25) is 0 Å². The fourth-order valence-corrected chi connectivity index (χ4v) is 1.57. The van der Waals surface area contributed by atoms with Crippen molar-refractivity contribution in [3.8, 4) is 0 Å². The molecule has 0 heterocycles. The van der Waals surface area contributed by atoms with Crippen LogP contribution in [0.25, 0.3) is 0 Å². The molecule has 0 aliphatic heterocycles. The van der Waals surface area contributed by atoms with Gasteiger partial charge in [-0.1, -0.05) is 30.3 Å². The summed E-state index contributed by atoms with van der Waals surface area (Å²) >= 11 is 0. The zero-order valence-electron chi connectivity index (χ0n) is 12.3. The Bertz CT molecular complexity index is 451. The fourth-order valence-electron chi connectivity index (χ4n) is 1.57. The molecule has 1 aromatic rings. The number of rotatable bonds is 5. The van der Waals surface area contributed by atoms with E-state index in [-0.39, 0.29) is 12.2 Å². The molecule has 1 aromatic carbocycles. The largest absolute Gasteiger partial charge is 0.442 e. The van der Waals surface area contributed by atoms with Gasteiger partial charge < -0.3 is 4.74 Å². The topological polar surface area (TPSA) is 64.6 Å². The molecule has 0 radical (unpaired) electrons. The van der Waals surface area contributed by atoms with Gasteiger partial charge in [0.25, 0.3) is 0 Å². The van der Waals surface area contributed by atoms with E-state index in [0.717, 1.165) is 5.56 Å². The molecular formula is C15H21NO4.